The molecule has 2 amide bonds. The standard InChI is InChI=1S/C31H38F5N3O9/c1-15-10-19-25(38-29(45)30(32,33)31(34,35)36)21(41)13-20(27(19)43)37-28(44)16(2)8-7-9-22(46-5)24(39-48-14-40)17(3)12-18(4)26(42)23(11-15)47-6/h7-9,12-15,18,22-24,26,39,42H,10-11H2,1-6H3,(H,37,44)(H,38,45)/b9-7-,16-8+,17-12+/t15-,18+,22+,23+,24+,26-/m1/s1. The average molecular weight is 692 g/mol. The Kier molecular flexibility index (Phi) is 14.1. The first-order valence-corrected chi connectivity index (χ1v) is 14.5. The van der Waals surface area contributed by atoms with Crippen LogP contribution in [0.25, 0.3) is 0 Å². The van der Waals surface area contributed by atoms with E-state index in [0.29, 0.717) is 11.6 Å². The monoisotopic (exact) mass is 691 g/mol. The predicted octanol–water partition coefficient (Wildman–Crippen LogP) is 2.66. The van der Waals surface area contributed by atoms with E-state index in [0.717, 1.165) is 0 Å². The van der Waals surface area contributed by atoms with Crippen LogP contribution in [0, 0.1) is 11.8 Å². The molecule has 4 N–H and O–H groups in total. The van der Waals surface area contributed by atoms with Crippen LogP contribution in [-0.2, 0) is 38.3 Å². The van der Waals surface area contributed by atoms with E-state index >= 15 is 0 Å². The number of fused-ring (bicyclic) bond motifs is 2. The molecule has 17 heteroatoms. The number of hydrogen-bond acceptors (Lipinski definition) is 10. The van der Waals surface area contributed by atoms with E-state index in [1.54, 1.807) is 19.9 Å². The molecular weight excluding hydrogens is 653 g/mol. The molecule has 0 spiro atoms. The number of hydrogen-bond donors (Lipinski definition) is 4. The topological polar surface area (TPSA) is 169 Å². The summed E-state index contributed by atoms with van der Waals surface area (Å²) in [7, 11) is 2.67. The van der Waals surface area contributed by atoms with Gasteiger partial charge in [-0.25, -0.2) is 0 Å². The third-order valence-electron chi connectivity index (χ3n) is 7.75. The van der Waals surface area contributed by atoms with Crippen LogP contribution in [-0.4, -0.2) is 85.6 Å². The maximum absolute atomic E-state index is 13.8. The highest BCUT2D eigenvalue weighted by Crippen LogP contribution is 2.36. The maximum atomic E-state index is 13.8. The number of nitrogens with one attached hydrogen (secondary N) is 3. The fourth-order valence-corrected chi connectivity index (χ4v) is 5.05. The Morgan fingerprint density at radius 1 is 1.08 bits per heavy atom. The van der Waals surface area contributed by atoms with Crippen molar-refractivity contribution in [1.82, 2.24) is 16.1 Å². The number of carbonyl (C=O) groups excluding carboxylic acids is 5. The molecule has 1 aliphatic heterocycles. The van der Waals surface area contributed by atoms with Crippen molar-refractivity contribution in [3.05, 3.63) is 58.5 Å². The number of rotatable bonds is 7. The van der Waals surface area contributed by atoms with Crippen molar-refractivity contribution in [1.29, 1.82) is 0 Å². The molecule has 2 bridgehead atoms. The Morgan fingerprint density at radius 3 is 2.29 bits per heavy atom. The Hall–Kier alpha value is -4.06. The summed E-state index contributed by atoms with van der Waals surface area (Å²) >= 11 is 0. The Bertz CT molecular complexity index is 1420. The minimum absolute atomic E-state index is 0.00332. The van der Waals surface area contributed by atoms with E-state index in [9.17, 15) is 51.0 Å². The number of carbonyl (C=O) groups is 5. The van der Waals surface area contributed by atoms with Gasteiger partial charge in [-0.2, -0.15) is 22.0 Å². The number of aliphatic hydroxyl groups is 1. The Labute approximate surface area is 273 Å². The number of ether oxygens (including phenoxy) is 2. The number of ketones is 2. The lowest BCUT2D eigenvalue weighted by atomic mass is 9.85. The zero-order valence-electron chi connectivity index (χ0n) is 26.9. The van der Waals surface area contributed by atoms with Crippen LogP contribution in [0.15, 0.2) is 58.5 Å². The summed E-state index contributed by atoms with van der Waals surface area (Å²) in [4.78, 5) is 67.2. The number of methoxy groups -OCH3 is 2. The van der Waals surface area contributed by atoms with Gasteiger partial charge >= 0.3 is 24.5 Å². The first kappa shape index (κ1) is 40.1. The average Bonchev–Trinajstić information content (AvgIpc) is 3.01. The third kappa shape index (κ3) is 9.74. The fraction of sp³-hybridized carbons (Fsp3) is 0.516. The molecule has 48 heavy (non-hydrogen) atoms. The molecule has 0 aromatic rings. The van der Waals surface area contributed by atoms with Crippen LogP contribution in [0.5, 0.6) is 0 Å². The molecule has 12 nitrogen and oxygen atoms in total. The van der Waals surface area contributed by atoms with E-state index in [4.69, 9.17) is 14.3 Å². The van der Waals surface area contributed by atoms with Gasteiger partial charge in [0.2, 0.25) is 11.6 Å². The van der Waals surface area contributed by atoms with E-state index in [1.165, 1.54) is 51.6 Å². The van der Waals surface area contributed by atoms with Gasteiger partial charge in [0.15, 0.2) is 0 Å². The van der Waals surface area contributed by atoms with Gasteiger partial charge in [-0.05, 0) is 32.6 Å². The molecule has 0 fully saturated rings. The normalized spacial score (nSPS) is 29.9. The van der Waals surface area contributed by atoms with Crippen LogP contribution < -0.4 is 16.1 Å². The molecule has 6 atom stereocenters. The van der Waals surface area contributed by atoms with Gasteiger partial charge in [-0.15, -0.1) is 5.48 Å². The number of aliphatic hydroxyl groups excluding tert-OH is 1. The van der Waals surface area contributed by atoms with Crippen LogP contribution in [0.1, 0.15) is 40.5 Å². The summed E-state index contributed by atoms with van der Waals surface area (Å²) < 4.78 is 77.3. The summed E-state index contributed by atoms with van der Waals surface area (Å²) in [6.07, 6.45) is -3.33. The molecule has 0 aromatic heterocycles. The highest BCUT2D eigenvalue weighted by molar-refractivity contribution is 6.24. The highest BCUT2D eigenvalue weighted by Gasteiger charge is 2.63. The molecule has 0 aromatic carbocycles. The molecule has 2 aliphatic rings. The Balaban J connectivity index is 2.68. The number of allylic oxidation sites excluding steroid dienone is 4. The first-order chi connectivity index (χ1) is 22.3. The number of amides is 2. The second-order valence-corrected chi connectivity index (χ2v) is 11.4. The van der Waals surface area contributed by atoms with Gasteiger partial charge < -0.3 is 30.1 Å². The lowest BCUT2D eigenvalue weighted by Crippen LogP contribution is -2.51. The van der Waals surface area contributed by atoms with Crippen LogP contribution in [0.2, 0.25) is 0 Å². The zero-order chi connectivity index (χ0) is 36.6. The van der Waals surface area contributed by atoms with Crippen LogP contribution in [0.4, 0.5) is 22.0 Å². The second kappa shape index (κ2) is 16.9. The number of halogens is 5. The summed E-state index contributed by atoms with van der Waals surface area (Å²) in [6, 6.07) is -0.769. The molecule has 0 radical (unpaired) electrons. The van der Waals surface area contributed by atoms with Crippen molar-refractivity contribution in [2.75, 3.05) is 14.2 Å². The van der Waals surface area contributed by atoms with E-state index in [1.807, 2.05) is 0 Å². The van der Waals surface area contributed by atoms with Gasteiger partial charge in [0.05, 0.1) is 35.7 Å². The minimum Gasteiger partial charge on any atom is -0.390 e. The van der Waals surface area contributed by atoms with Crippen LogP contribution >= 0.6 is 0 Å². The lowest BCUT2D eigenvalue weighted by molar-refractivity contribution is -0.269. The highest BCUT2D eigenvalue weighted by atomic mass is 19.4. The van der Waals surface area contributed by atoms with E-state index < -0.39 is 95.1 Å². The minimum atomic E-state index is -6.30. The number of alkyl halides is 5. The predicted molar refractivity (Wildman–Crippen MR) is 158 cm³/mol. The summed E-state index contributed by atoms with van der Waals surface area (Å²) in [6.45, 7) is 6.38. The summed E-state index contributed by atoms with van der Waals surface area (Å²) in [5, 5.41) is 14.7. The molecule has 266 valence electrons. The zero-order valence-corrected chi connectivity index (χ0v) is 26.9. The quantitative estimate of drug-likeness (QED) is 0.102. The molecular formula is C31H38F5N3O9. The van der Waals surface area contributed by atoms with Crippen molar-refractivity contribution < 1.29 is 65.3 Å². The first-order valence-electron chi connectivity index (χ1n) is 14.5. The lowest BCUT2D eigenvalue weighted by Gasteiger charge is -2.30. The smallest absolute Gasteiger partial charge is 0.390 e. The molecule has 2 rings (SSSR count). The molecule has 0 saturated carbocycles. The van der Waals surface area contributed by atoms with E-state index in [-0.39, 0.29) is 18.5 Å². The summed E-state index contributed by atoms with van der Waals surface area (Å²) in [5.74, 6) is -13.4. The summed E-state index contributed by atoms with van der Waals surface area (Å²) in [5.41, 5.74) is 0.753. The van der Waals surface area contributed by atoms with Gasteiger partial charge in [-0.1, -0.05) is 43.7 Å². The van der Waals surface area contributed by atoms with Crippen molar-refractivity contribution in [3.8, 4) is 0 Å². The van der Waals surface area contributed by atoms with Gasteiger partial charge in [0, 0.05) is 37.4 Å². The van der Waals surface area contributed by atoms with Crippen molar-refractivity contribution in [2.24, 2.45) is 11.8 Å². The molecule has 1 aliphatic carbocycles. The largest absolute Gasteiger partial charge is 0.463 e. The maximum Gasteiger partial charge on any atom is 0.463 e. The SMILES string of the molecule is CO[C@H]1/C=C\C=C(/C)C(=O)NC2=CC(=O)C(NC(=O)C(F)(F)C(F)(F)F)=C(C[C@@H](C)C[C@H](OC)[C@H](O)[C@@H](C)/C=C(\C)[C@@H]1NOC=O)C2=O. The van der Waals surface area contributed by atoms with Gasteiger partial charge in [0.1, 0.15) is 0 Å². The molecule has 1 heterocycles. The van der Waals surface area contributed by atoms with Crippen molar-refractivity contribution in [3.63, 3.8) is 0 Å². The van der Waals surface area contributed by atoms with Gasteiger partial charge in [-0.3, -0.25) is 24.0 Å². The van der Waals surface area contributed by atoms with Crippen molar-refractivity contribution >= 4 is 29.9 Å². The van der Waals surface area contributed by atoms with Gasteiger partial charge in [0.25, 0.3) is 5.91 Å². The van der Waals surface area contributed by atoms with Crippen LogP contribution in [0.3, 0.4) is 0 Å². The Morgan fingerprint density at radius 2 is 1.73 bits per heavy atom. The molecule has 0 saturated heterocycles. The molecule has 0 unspecified atom stereocenters. The second-order valence-electron chi connectivity index (χ2n) is 11.4. The van der Waals surface area contributed by atoms with E-state index in [2.05, 4.69) is 10.8 Å². The van der Waals surface area contributed by atoms with Crippen molar-refractivity contribution in [2.45, 2.75) is 77.0 Å². The third-order valence-corrected chi connectivity index (χ3v) is 7.75. The number of Topliss-reactive ketones (excluding diaryl/α,β-unsaturated/α-hetero) is 1. The number of hydroxylamine groups is 1. The fourth-order valence-electron chi connectivity index (χ4n) is 5.05.